The fourth-order valence-corrected chi connectivity index (χ4v) is 3.18. The summed E-state index contributed by atoms with van der Waals surface area (Å²) in [6, 6.07) is 1.91. The molecule has 1 N–H and O–H groups in total. The number of hydrogen-bond acceptors (Lipinski definition) is 6. The molecule has 7 heteroatoms. The van der Waals surface area contributed by atoms with Crippen LogP contribution < -0.4 is 4.90 Å². The van der Waals surface area contributed by atoms with Crippen LogP contribution in [0.5, 0.6) is 0 Å². The third kappa shape index (κ3) is 4.50. The fraction of sp³-hybridized carbons (Fsp3) is 0.692. The second kappa shape index (κ2) is 7.66. The first-order valence-electron chi connectivity index (χ1n) is 6.82. The van der Waals surface area contributed by atoms with Gasteiger partial charge in [-0.3, -0.25) is 4.21 Å². The molecule has 1 atom stereocenters. The van der Waals surface area contributed by atoms with Crippen LogP contribution in [0, 0.1) is 6.92 Å². The Morgan fingerprint density at radius 1 is 1.40 bits per heavy atom. The lowest BCUT2D eigenvalue weighted by atomic mass is 10.3. The maximum Gasteiger partial charge on any atom is 0.132 e. The van der Waals surface area contributed by atoms with Crippen molar-refractivity contribution in [2.24, 2.45) is 0 Å². The van der Waals surface area contributed by atoms with Crippen molar-refractivity contribution in [3.8, 4) is 0 Å². The number of aliphatic hydroxyl groups is 1. The van der Waals surface area contributed by atoms with Crippen LogP contribution in [0.2, 0.25) is 0 Å². The van der Waals surface area contributed by atoms with E-state index in [-0.39, 0.29) is 6.61 Å². The Morgan fingerprint density at radius 3 is 2.85 bits per heavy atom. The minimum atomic E-state index is -0.986. The highest BCUT2D eigenvalue weighted by molar-refractivity contribution is 7.84. The second-order valence-electron chi connectivity index (χ2n) is 4.73. The normalized spacial score (nSPS) is 17.2. The zero-order valence-corrected chi connectivity index (χ0v) is 12.6. The third-order valence-electron chi connectivity index (χ3n) is 3.05. The zero-order valence-electron chi connectivity index (χ0n) is 11.7. The van der Waals surface area contributed by atoms with Crippen molar-refractivity contribution in [1.29, 1.82) is 0 Å². The molecule has 6 nitrogen and oxygen atoms in total. The number of nitrogens with zero attached hydrogens (tertiary/aromatic N) is 3. The topological polar surface area (TPSA) is 75.5 Å². The van der Waals surface area contributed by atoms with Crippen molar-refractivity contribution < 1.29 is 14.1 Å². The third-order valence-corrected chi connectivity index (χ3v) is 4.41. The molecular formula is C13H21N3O3S. The molecule has 0 saturated carbocycles. The van der Waals surface area contributed by atoms with Gasteiger partial charge in [-0.15, -0.1) is 0 Å². The van der Waals surface area contributed by atoms with Crippen molar-refractivity contribution in [1.82, 2.24) is 9.97 Å². The summed E-state index contributed by atoms with van der Waals surface area (Å²) in [5.74, 6) is 2.51. The second-order valence-corrected chi connectivity index (χ2v) is 6.31. The van der Waals surface area contributed by atoms with Crippen LogP contribution in [0.4, 0.5) is 5.82 Å². The highest BCUT2D eigenvalue weighted by atomic mass is 32.2. The number of aryl methyl sites for hydroxylation is 1. The largest absolute Gasteiger partial charge is 0.396 e. The first-order chi connectivity index (χ1) is 9.69. The van der Waals surface area contributed by atoms with Crippen LogP contribution in [0.15, 0.2) is 6.07 Å². The van der Waals surface area contributed by atoms with Crippen LogP contribution >= 0.6 is 0 Å². The van der Waals surface area contributed by atoms with Gasteiger partial charge in [0.05, 0.1) is 24.7 Å². The van der Waals surface area contributed by atoms with E-state index in [4.69, 9.17) is 9.84 Å². The molecule has 112 valence electrons. The summed E-state index contributed by atoms with van der Waals surface area (Å²) >= 11 is 0. The summed E-state index contributed by atoms with van der Waals surface area (Å²) in [6.07, 6.45) is 0.562. The van der Waals surface area contributed by atoms with Gasteiger partial charge >= 0.3 is 0 Å². The van der Waals surface area contributed by atoms with Crippen molar-refractivity contribution >= 4 is 16.6 Å². The predicted molar refractivity (Wildman–Crippen MR) is 78.2 cm³/mol. The molecule has 0 aliphatic carbocycles. The quantitative estimate of drug-likeness (QED) is 0.812. The van der Waals surface area contributed by atoms with E-state index in [2.05, 4.69) is 14.9 Å². The molecule has 0 amide bonds. The minimum absolute atomic E-state index is 0.0770. The Hall–Kier alpha value is -1.05. The lowest BCUT2D eigenvalue weighted by Gasteiger charge is -2.28. The summed E-state index contributed by atoms with van der Waals surface area (Å²) in [5, 5.41) is 8.76. The van der Waals surface area contributed by atoms with Gasteiger partial charge in [-0.2, -0.15) is 0 Å². The Morgan fingerprint density at radius 2 is 2.15 bits per heavy atom. The van der Waals surface area contributed by atoms with Gasteiger partial charge in [0.25, 0.3) is 0 Å². The van der Waals surface area contributed by atoms with Crippen molar-refractivity contribution in [3.05, 3.63) is 17.6 Å². The molecule has 0 aromatic carbocycles. The maximum atomic E-state index is 11.9. The monoisotopic (exact) mass is 299 g/mol. The standard InChI is InChI=1S/C13H21N3O3S/c1-11-14-12(10-20(18)8-2-5-17)9-13(15-11)16-3-6-19-7-4-16/h9,17H,2-8,10H2,1H3. The van der Waals surface area contributed by atoms with Gasteiger partial charge in [0.1, 0.15) is 11.6 Å². The lowest BCUT2D eigenvalue weighted by molar-refractivity contribution is 0.122. The first-order valence-corrected chi connectivity index (χ1v) is 8.31. The van der Waals surface area contributed by atoms with Gasteiger partial charge in [-0.1, -0.05) is 0 Å². The minimum Gasteiger partial charge on any atom is -0.396 e. The molecule has 1 fully saturated rings. The SMILES string of the molecule is Cc1nc(CS(=O)CCCO)cc(N2CCOCC2)n1. The van der Waals surface area contributed by atoms with E-state index in [0.29, 0.717) is 37.0 Å². The number of hydrogen-bond donors (Lipinski definition) is 1. The zero-order chi connectivity index (χ0) is 14.4. The van der Waals surface area contributed by atoms with Crippen LogP contribution in [0.3, 0.4) is 0 Å². The van der Waals surface area contributed by atoms with Gasteiger partial charge in [-0.25, -0.2) is 9.97 Å². The number of morpholine rings is 1. The molecule has 1 aliphatic heterocycles. The van der Waals surface area contributed by atoms with Crippen LogP contribution in [0.1, 0.15) is 17.9 Å². The van der Waals surface area contributed by atoms with Crippen molar-refractivity contribution in [3.63, 3.8) is 0 Å². The van der Waals surface area contributed by atoms with Crippen molar-refractivity contribution in [2.45, 2.75) is 19.1 Å². The Labute approximate surface area is 121 Å². The number of aliphatic hydroxyl groups excluding tert-OH is 1. The summed E-state index contributed by atoms with van der Waals surface area (Å²) < 4.78 is 17.2. The van der Waals surface area contributed by atoms with Crippen LogP contribution in [0.25, 0.3) is 0 Å². The van der Waals surface area contributed by atoms with Crippen LogP contribution in [-0.4, -0.2) is 57.9 Å². The fourth-order valence-electron chi connectivity index (χ4n) is 2.10. The molecule has 1 unspecified atom stereocenters. The van der Waals surface area contributed by atoms with Crippen molar-refractivity contribution in [2.75, 3.05) is 43.6 Å². The molecule has 1 aromatic heterocycles. The van der Waals surface area contributed by atoms with E-state index >= 15 is 0 Å². The number of aromatic nitrogens is 2. The highest BCUT2D eigenvalue weighted by Gasteiger charge is 2.14. The van der Waals surface area contributed by atoms with Gasteiger partial charge in [-0.05, 0) is 13.3 Å². The highest BCUT2D eigenvalue weighted by Crippen LogP contribution is 2.15. The summed E-state index contributed by atoms with van der Waals surface area (Å²) in [4.78, 5) is 11.0. The van der Waals surface area contributed by atoms with E-state index in [9.17, 15) is 4.21 Å². The van der Waals surface area contributed by atoms with Gasteiger partial charge in [0.15, 0.2) is 0 Å². The average Bonchev–Trinajstić information content (AvgIpc) is 2.45. The molecule has 0 spiro atoms. The number of anilines is 1. The van der Waals surface area contributed by atoms with E-state index in [1.54, 1.807) is 0 Å². The number of rotatable bonds is 6. The molecule has 20 heavy (non-hydrogen) atoms. The predicted octanol–water partition coefficient (Wildman–Crippen LogP) is 0.253. The molecule has 0 bridgehead atoms. The Bertz CT molecular complexity index is 464. The molecule has 1 aromatic rings. The summed E-state index contributed by atoms with van der Waals surface area (Å²) in [7, 11) is -0.986. The summed E-state index contributed by atoms with van der Waals surface area (Å²) in [5.41, 5.74) is 0.801. The smallest absolute Gasteiger partial charge is 0.132 e. The van der Waals surface area contributed by atoms with Gasteiger partial charge < -0.3 is 14.7 Å². The molecule has 1 saturated heterocycles. The Kier molecular flexibility index (Phi) is 5.87. The molecule has 1 aliphatic rings. The lowest BCUT2D eigenvalue weighted by Crippen LogP contribution is -2.37. The van der Waals surface area contributed by atoms with E-state index in [1.807, 2.05) is 13.0 Å². The van der Waals surface area contributed by atoms with E-state index in [0.717, 1.165) is 24.6 Å². The van der Waals surface area contributed by atoms with E-state index < -0.39 is 10.8 Å². The maximum absolute atomic E-state index is 11.9. The molecule has 2 rings (SSSR count). The molecule has 0 radical (unpaired) electrons. The average molecular weight is 299 g/mol. The summed E-state index contributed by atoms with van der Waals surface area (Å²) in [6.45, 7) is 4.99. The molecular weight excluding hydrogens is 278 g/mol. The first kappa shape index (κ1) is 15.3. The van der Waals surface area contributed by atoms with Gasteiger partial charge in [0.2, 0.25) is 0 Å². The van der Waals surface area contributed by atoms with Gasteiger partial charge in [0, 0.05) is 42.3 Å². The number of ether oxygens (including phenoxy) is 1. The van der Waals surface area contributed by atoms with Crippen LogP contribution in [-0.2, 0) is 21.3 Å². The Balaban J connectivity index is 2.05. The molecule has 2 heterocycles. The van der Waals surface area contributed by atoms with E-state index in [1.165, 1.54) is 0 Å².